The topological polar surface area (TPSA) is 108 Å². The maximum Gasteiger partial charge on any atom is 0.273 e. The summed E-state index contributed by atoms with van der Waals surface area (Å²) in [5.74, 6) is -0.0402. The molecule has 0 aliphatic carbocycles. The van der Waals surface area contributed by atoms with Gasteiger partial charge in [-0.25, -0.2) is 4.68 Å². The van der Waals surface area contributed by atoms with E-state index in [1.165, 1.54) is 4.68 Å². The van der Waals surface area contributed by atoms with Crippen molar-refractivity contribution >= 4 is 16.7 Å². The normalized spacial score (nSPS) is 21.6. The Balaban J connectivity index is 1.37. The summed E-state index contributed by atoms with van der Waals surface area (Å²) in [6, 6.07) is 6.55. The van der Waals surface area contributed by atoms with Crippen LogP contribution >= 0.6 is 0 Å². The molecule has 1 spiro atoms. The van der Waals surface area contributed by atoms with Gasteiger partial charge >= 0.3 is 0 Å². The van der Waals surface area contributed by atoms with Gasteiger partial charge in [-0.05, 0) is 49.9 Å². The first-order chi connectivity index (χ1) is 13.1. The highest BCUT2D eigenvalue weighted by molar-refractivity contribution is 5.82. The van der Waals surface area contributed by atoms with Gasteiger partial charge in [0.1, 0.15) is 0 Å². The lowest BCUT2D eigenvalue weighted by molar-refractivity contribution is -0.123. The smallest absolute Gasteiger partial charge is 0.273 e. The van der Waals surface area contributed by atoms with Crippen molar-refractivity contribution in [3.05, 3.63) is 45.0 Å². The molecule has 0 bridgehead atoms. The lowest BCUT2D eigenvalue weighted by atomic mass is 9.77. The Kier molecular flexibility index (Phi) is 4.84. The number of amides is 1. The summed E-state index contributed by atoms with van der Waals surface area (Å²) in [6.45, 7) is 3.42. The molecular weight excluding hydrogens is 346 g/mol. The largest absolute Gasteiger partial charge is 0.353 e. The van der Waals surface area contributed by atoms with Gasteiger partial charge in [-0.3, -0.25) is 19.5 Å². The molecule has 4 N–H and O–H groups in total. The SMILES string of the molecule is O=C(NCCn1[nH]c(=O)c2ccccc2c1=O)C1CC2(CCNCC2)CN1. The average molecular weight is 371 g/mol. The van der Waals surface area contributed by atoms with Gasteiger partial charge in [-0.15, -0.1) is 0 Å². The molecule has 1 aromatic carbocycles. The second-order valence-electron chi connectivity index (χ2n) is 7.62. The van der Waals surface area contributed by atoms with Gasteiger partial charge < -0.3 is 16.0 Å². The van der Waals surface area contributed by atoms with Gasteiger partial charge in [0, 0.05) is 13.1 Å². The standard InChI is InChI=1S/C19H25N5O3/c25-16-13-3-1-2-4-14(13)18(27)24(23-16)10-9-21-17(26)15-11-19(12-22-15)5-7-20-8-6-19/h1-4,15,20,22H,5-12H2,(H,21,26)(H,23,25). The molecular formula is C19H25N5O3. The number of nitrogens with zero attached hydrogens (tertiary/aromatic N) is 1. The molecule has 1 unspecified atom stereocenters. The molecule has 2 fully saturated rings. The van der Waals surface area contributed by atoms with Crippen molar-refractivity contribution in [2.75, 3.05) is 26.2 Å². The van der Waals surface area contributed by atoms with Crippen LogP contribution in [0.3, 0.4) is 0 Å². The van der Waals surface area contributed by atoms with Gasteiger partial charge in [0.25, 0.3) is 11.1 Å². The molecule has 8 nitrogen and oxygen atoms in total. The molecule has 2 aromatic rings. The van der Waals surface area contributed by atoms with Gasteiger partial charge in [0.2, 0.25) is 5.91 Å². The van der Waals surface area contributed by atoms with Crippen molar-refractivity contribution < 1.29 is 4.79 Å². The zero-order valence-electron chi connectivity index (χ0n) is 15.2. The first-order valence-electron chi connectivity index (χ1n) is 9.52. The average Bonchev–Trinajstić information content (AvgIpc) is 3.09. The maximum atomic E-state index is 12.5. The monoisotopic (exact) mass is 371 g/mol. The highest BCUT2D eigenvalue weighted by Gasteiger charge is 2.41. The van der Waals surface area contributed by atoms with Crippen LogP contribution in [0.25, 0.3) is 10.8 Å². The second-order valence-corrected chi connectivity index (χ2v) is 7.62. The summed E-state index contributed by atoms with van der Waals surface area (Å²) < 4.78 is 1.27. The van der Waals surface area contributed by atoms with Crippen LogP contribution in [0.2, 0.25) is 0 Å². The predicted molar refractivity (Wildman–Crippen MR) is 103 cm³/mol. The number of nitrogens with one attached hydrogen (secondary N) is 4. The van der Waals surface area contributed by atoms with Crippen LogP contribution in [-0.4, -0.2) is 47.9 Å². The Hall–Kier alpha value is -2.45. The van der Waals surface area contributed by atoms with E-state index >= 15 is 0 Å². The van der Waals surface area contributed by atoms with E-state index in [2.05, 4.69) is 21.0 Å². The summed E-state index contributed by atoms with van der Waals surface area (Å²) >= 11 is 0. The first kappa shape index (κ1) is 17.9. The molecule has 0 saturated carbocycles. The van der Waals surface area contributed by atoms with Gasteiger partial charge in [-0.1, -0.05) is 12.1 Å². The highest BCUT2D eigenvalue weighted by Crippen LogP contribution is 2.37. The van der Waals surface area contributed by atoms with Gasteiger partial charge in [0.05, 0.1) is 23.4 Å². The van der Waals surface area contributed by atoms with E-state index < -0.39 is 0 Å². The van der Waals surface area contributed by atoms with Crippen LogP contribution in [0.15, 0.2) is 33.9 Å². The van der Waals surface area contributed by atoms with Crippen molar-refractivity contribution in [2.24, 2.45) is 5.41 Å². The van der Waals surface area contributed by atoms with E-state index in [-0.39, 0.29) is 35.0 Å². The van der Waals surface area contributed by atoms with Crippen LogP contribution in [0.1, 0.15) is 19.3 Å². The third-order valence-corrected chi connectivity index (χ3v) is 5.86. The number of carbonyl (C=O) groups excluding carboxylic acids is 1. The van der Waals surface area contributed by atoms with E-state index in [4.69, 9.17) is 0 Å². The molecule has 2 saturated heterocycles. The minimum atomic E-state index is -0.304. The molecule has 1 atom stereocenters. The summed E-state index contributed by atoms with van der Waals surface area (Å²) in [7, 11) is 0. The van der Waals surface area contributed by atoms with Crippen molar-refractivity contribution in [3.63, 3.8) is 0 Å². The zero-order valence-corrected chi connectivity index (χ0v) is 15.2. The third kappa shape index (κ3) is 3.54. The lowest BCUT2D eigenvalue weighted by Crippen LogP contribution is -2.42. The van der Waals surface area contributed by atoms with E-state index in [1.807, 2.05) is 0 Å². The van der Waals surface area contributed by atoms with Crippen molar-refractivity contribution in [1.82, 2.24) is 25.7 Å². The van der Waals surface area contributed by atoms with E-state index in [9.17, 15) is 14.4 Å². The fraction of sp³-hybridized carbons (Fsp3) is 0.526. The van der Waals surface area contributed by atoms with Crippen LogP contribution in [-0.2, 0) is 11.3 Å². The number of benzene rings is 1. The summed E-state index contributed by atoms with van der Waals surface area (Å²) in [5.41, 5.74) is -0.331. The van der Waals surface area contributed by atoms with Crippen LogP contribution in [0, 0.1) is 5.41 Å². The van der Waals surface area contributed by atoms with E-state index in [0.717, 1.165) is 38.9 Å². The molecule has 4 rings (SSSR count). The van der Waals surface area contributed by atoms with Crippen LogP contribution < -0.4 is 27.1 Å². The number of aromatic nitrogens is 2. The van der Waals surface area contributed by atoms with E-state index in [0.29, 0.717) is 17.3 Å². The molecule has 1 aromatic heterocycles. The van der Waals surface area contributed by atoms with Crippen LogP contribution in [0.5, 0.6) is 0 Å². The molecule has 3 heterocycles. The molecule has 8 heteroatoms. The number of piperidine rings is 1. The molecule has 27 heavy (non-hydrogen) atoms. The fourth-order valence-electron chi connectivity index (χ4n) is 4.26. The Morgan fingerprint density at radius 1 is 1.19 bits per heavy atom. The maximum absolute atomic E-state index is 12.5. The molecule has 0 radical (unpaired) electrons. The summed E-state index contributed by atoms with van der Waals surface area (Å²) in [4.78, 5) is 37.1. The first-order valence-corrected chi connectivity index (χ1v) is 9.52. The highest BCUT2D eigenvalue weighted by atomic mass is 16.2. The number of rotatable bonds is 4. The van der Waals surface area contributed by atoms with Gasteiger partial charge in [0.15, 0.2) is 0 Å². The minimum Gasteiger partial charge on any atom is -0.353 e. The molecule has 1 amide bonds. The van der Waals surface area contributed by atoms with Crippen LogP contribution in [0.4, 0.5) is 0 Å². The Morgan fingerprint density at radius 2 is 1.93 bits per heavy atom. The Morgan fingerprint density at radius 3 is 2.70 bits per heavy atom. The fourth-order valence-corrected chi connectivity index (χ4v) is 4.26. The summed E-state index contributed by atoms with van der Waals surface area (Å²) in [6.07, 6.45) is 3.04. The van der Waals surface area contributed by atoms with Crippen molar-refractivity contribution in [2.45, 2.75) is 31.8 Å². The Bertz CT molecular complexity index is 958. The lowest BCUT2D eigenvalue weighted by Gasteiger charge is -2.33. The number of aromatic amines is 1. The van der Waals surface area contributed by atoms with Crippen molar-refractivity contribution in [1.29, 1.82) is 0 Å². The Labute approximate surface area is 156 Å². The van der Waals surface area contributed by atoms with E-state index in [1.54, 1.807) is 24.3 Å². The summed E-state index contributed by atoms with van der Waals surface area (Å²) in [5, 5.41) is 13.0. The minimum absolute atomic E-state index is 0.0402. The third-order valence-electron chi connectivity index (χ3n) is 5.86. The number of H-pyrrole nitrogens is 1. The molecule has 2 aliphatic rings. The number of fused-ring (bicyclic) bond motifs is 1. The molecule has 2 aliphatic heterocycles. The molecule has 144 valence electrons. The van der Waals surface area contributed by atoms with Gasteiger partial charge in [-0.2, -0.15) is 0 Å². The van der Waals surface area contributed by atoms with Crippen molar-refractivity contribution in [3.8, 4) is 0 Å². The zero-order chi connectivity index (χ0) is 18.9. The second kappa shape index (κ2) is 7.28. The number of hydrogen-bond donors (Lipinski definition) is 4. The number of carbonyl (C=O) groups is 1. The number of hydrogen-bond acceptors (Lipinski definition) is 5. The quantitative estimate of drug-likeness (QED) is 0.582. The predicted octanol–water partition coefficient (Wildman–Crippen LogP) is -0.462.